The zero-order chi connectivity index (χ0) is 9.52. The van der Waals surface area contributed by atoms with Crippen LogP contribution in [0.3, 0.4) is 0 Å². The summed E-state index contributed by atoms with van der Waals surface area (Å²) < 4.78 is 4.90. The van der Waals surface area contributed by atoms with Gasteiger partial charge in [-0.05, 0) is 6.07 Å². The number of methoxy groups -OCH3 is 1. The molecule has 0 saturated carbocycles. The molecule has 0 spiro atoms. The van der Waals surface area contributed by atoms with E-state index in [4.69, 9.17) is 10.5 Å². The number of nitrogen functional groups attached to an aromatic ring is 1. The van der Waals surface area contributed by atoms with Crippen molar-refractivity contribution in [1.29, 1.82) is 0 Å². The number of anilines is 1. The molecule has 0 aliphatic carbocycles. The first-order valence-electron chi connectivity index (χ1n) is 4.23. The van der Waals surface area contributed by atoms with Crippen LogP contribution in [0.4, 0.5) is 5.82 Å². The first-order valence-corrected chi connectivity index (χ1v) is 4.23. The zero-order valence-corrected chi connectivity index (χ0v) is 7.79. The summed E-state index contributed by atoms with van der Waals surface area (Å²) in [7, 11) is 1.68. The number of rotatable bonds is 5. The van der Waals surface area contributed by atoms with Gasteiger partial charge >= 0.3 is 0 Å². The summed E-state index contributed by atoms with van der Waals surface area (Å²) in [6.07, 6.45) is 1.69. The van der Waals surface area contributed by atoms with Gasteiger partial charge in [0, 0.05) is 32.0 Å². The van der Waals surface area contributed by atoms with Gasteiger partial charge in [0.2, 0.25) is 0 Å². The number of nitrogens with zero attached hydrogens (tertiary/aromatic N) is 1. The molecule has 0 aliphatic heterocycles. The Bertz CT molecular complexity index is 252. The number of pyridine rings is 1. The van der Waals surface area contributed by atoms with E-state index in [-0.39, 0.29) is 0 Å². The minimum Gasteiger partial charge on any atom is -0.383 e. The van der Waals surface area contributed by atoms with Crippen molar-refractivity contribution < 1.29 is 4.74 Å². The Balaban J connectivity index is 2.32. The third-order valence-electron chi connectivity index (χ3n) is 1.72. The molecule has 1 aromatic rings. The highest BCUT2D eigenvalue weighted by atomic mass is 16.5. The Morgan fingerprint density at radius 3 is 3.15 bits per heavy atom. The molecule has 13 heavy (non-hydrogen) atoms. The third kappa shape index (κ3) is 3.40. The van der Waals surface area contributed by atoms with E-state index >= 15 is 0 Å². The van der Waals surface area contributed by atoms with Gasteiger partial charge in [-0.3, -0.25) is 0 Å². The van der Waals surface area contributed by atoms with Gasteiger partial charge in [-0.15, -0.1) is 0 Å². The van der Waals surface area contributed by atoms with Crippen LogP contribution in [-0.2, 0) is 11.3 Å². The van der Waals surface area contributed by atoms with Crippen LogP contribution in [0.2, 0.25) is 0 Å². The van der Waals surface area contributed by atoms with Gasteiger partial charge in [0.05, 0.1) is 6.61 Å². The van der Waals surface area contributed by atoms with Crippen molar-refractivity contribution >= 4 is 5.82 Å². The molecule has 0 aromatic carbocycles. The Morgan fingerprint density at radius 2 is 2.46 bits per heavy atom. The maximum absolute atomic E-state index is 5.65. The van der Waals surface area contributed by atoms with Crippen molar-refractivity contribution in [3.8, 4) is 0 Å². The molecule has 1 rings (SSSR count). The summed E-state index contributed by atoms with van der Waals surface area (Å²) in [5.41, 5.74) is 6.68. The molecule has 4 heteroatoms. The minimum absolute atomic E-state index is 0.590. The van der Waals surface area contributed by atoms with E-state index in [9.17, 15) is 0 Å². The fourth-order valence-corrected chi connectivity index (χ4v) is 0.998. The number of aromatic nitrogens is 1. The van der Waals surface area contributed by atoms with Gasteiger partial charge < -0.3 is 15.8 Å². The second-order valence-corrected chi connectivity index (χ2v) is 2.72. The highest BCUT2D eigenvalue weighted by molar-refractivity contribution is 5.38. The van der Waals surface area contributed by atoms with Crippen molar-refractivity contribution in [2.75, 3.05) is 26.0 Å². The van der Waals surface area contributed by atoms with E-state index in [1.165, 1.54) is 0 Å². The molecule has 1 heterocycles. The van der Waals surface area contributed by atoms with E-state index in [0.29, 0.717) is 12.4 Å². The summed E-state index contributed by atoms with van der Waals surface area (Å²) in [4.78, 5) is 3.98. The van der Waals surface area contributed by atoms with Gasteiger partial charge in [0.1, 0.15) is 5.82 Å². The van der Waals surface area contributed by atoms with Crippen molar-refractivity contribution in [3.05, 3.63) is 23.9 Å². The lowest BCUT2D eigenvalue weighted by Gasteiger charge is -2.05. The van der Waals surface area contributed by atoms with Gasteiger partial charge in [-0.2, -0.15) is 0 Å². The van der Waals surface area contributed by atoms with Gasteiger partial charge in [0.15, 0.2) is 0 Å². The normalized spacial score (nSPS) is 10.2. The van der Waals surface area contributed by atoms with Crippen molar-refractivity contribution in [3.63, 3.8) is 0 Å². The second-order valence-electron chi connectivity index (χ2n) is 2.72. The summed E-state index contributed by atoms with van der Waals surface area (Å²) in [5, 5.41) is 3.20. The Labute approximate surface area is 78.1 Å². The number of hydrogen-bond acceptors (Lipinski definition) is 4. The highest BCUT2D eigenvalue weighted by Crippen LogP contribution is 2.05. The molecular weight excluding hydrogens is 166 g/mol. The fourth-order valence-electron chi connectivity index (χ4n) is 0.998. The molecule has 1 aromatic heterocycles. The predicted octanol–water partition coefficient (Wildman–Crippen LogP) is 0.400. The van der Waals surface area contributed by atoms with E-state index in [0.717, 1.165) is 18.7 Å². The molecule has 72 valence electrons. The molecule has 0 atom stereocenters. The number of nitrogens with one attached hydrogen (secondary N) is 1. The topological polar surface area (TPSA) is 60.2 Å². The number of ether oxygens (including phenoxy) is 1. The first kappa shape index (κ1) is 9.95. The fraction of sp³-hybridized carbons (Fsp3) is 0.444. The van der Waals surface area contributed by atoms with E-state index < -0.39 is 0 Å². The second kappa shape index (κ2) is 5.50. The van der Waals surface area contributed by atoms with Gasteiger partial charge in [-0.1, -0.05) is 6.07 Å². The van der Waals surface area contributed by atoms with Gasteiger partial charge in [0.25, 0.3) is 0 Å². The maximum Gasteiger partial charge on any atom is 0.127 e. The summed E-state index contributed by atoms with van der Waals surface area (Å²) in [6.45, 7) is 2.27. The number of nitrogens with two attached hydrogens (primary N) is 1. The lowest BCUT2D eigenvalue weighted by molar-refractivity contribution is 0.199. The van der Waals surface area contributed by atoms with Crippen LogP contribution >= 0.6 is 0 Å². The smallest absolute Gasteiger partial charge is 0.127 e. The molecule has 0 amide bonds. The zero-order valence-electron chi connectivity index (χ0n) is 7.79. The molecule has 0 bridgehead atoms. The molecule has 3 N–H and O–H groups in total. The lowest BCUT2D eigenvalue weighted by atomic mass is 10.2. The molecular formula is C9H15N3O. The van der Waals surface area contributed by atoms with Crippen LogP contribution < -0.4 is 11.1 Å². The van der Waals surface area contributed by atoms with Crippen molar-refractivity contribution in [2.45, 2.75) is 6.54 Å². The summed E-state index contributed by atoms with van der Waals surface area (Å²) in [6, 6.07) is 3.84. The third-order valence-corrected chi connectivity index (χ3v) is 1.72. The maximum atomic E-state index is 5.65. The largest absolute Gasteiger partial charge is 0.383 e. The summed E-state index contributed by atoms with van der Waals surface area (Å²) in [5.74, 6) is 0.590. The highest BCUT2D eigenvalue weighted by Gasteiger charge is 1.96. The van der Waals surface area contributed by atoms with E-state index in [1.54, 1.807) is 13.3 Å². The quantitative estimate of drug-likeness (QED) is 0.645. The standard InChI is InChI=1S/C9H15N3O/c1-13-6-5-11-7-8-3-2-4-12-9(8)10/h2-4,11H,5-7H2,1H3,(H2,10,12). The molecule has 0 saturated heterocycles. The Morgan fingerprint density at radius 1 is 1.62 bits per heavy atom. The van der Waals surface area contributed by atoms with Gasteiger partial charge in [-0.25, -0.2) is 4.98 Å². The lowest BCUT2D eigenvalue weighted by Crippen LogP contribution is -2.19. The molecule has 0 unspecified atom stereocenters. The van der Waals surface area contributed by atoms with Crippen LogP contribution in [0, 0.1) is 0 Å². The Hall–Kier alpha value is -1.13. The molecule has 0 fully saturated rings. The van der Waals surface area contributed by atoms with Crippen molar-refractivity contribution in [1.82, 2.24) is 10.3 Å². The monoisotopic (exact) mass is 181 g/mol. The molecule has 0 radical (unpaired) electrons. The first-order chi connectivity index (χ1) is 6.34. The van der Waals surface area contributed by atoms with Crippen LogP contribution in [0.1, 0.15) is 5.56 Å². The average molecular weight is 181 g/mol. The summed E-state index contributed by atoms with van der Waals surface area (Å²) >= 11 is 0. The number of hydrogen-bond donors (Lipinski definition) is 2. The molecule has 4 nitrogen and oxygen atoms in total. The molecule has 0 aliphatic rings. The Kier molecular flexibility index (Phi) is 4.21. The van der Waals surface area contributed by atoms with E-state index in [1.807, 2.05) is 12.1 Å². The van der Waals surface area contributed by atoms with Crippen LogP contribution in [0.5, 0.6) is 0 Å². The van der Waals surface area contributed by atoms with Crippen LogP contribution in [0.15, 0.2) is 18.3 Å². The van der Waals surface area contributed by atoms with Crippen molar-refractivity contribution in [2.24, 2.45) is 0 Å². The van der Waals surface area contributed by atoms with Crippen LogP contribution in [-0.4, -0.2) is 25.2 Å². The van der Waals surface area contributed by atoms with Crippen LogP contribution in [0.25, 0.3) is 0 Å². The van der Waals surface area contributed by atoms with E-state index in [2.05, 4.69) is 10.3 Å². The SMILES string of the molecule is COCCNCc1cccnc1N. The predicted molar refractivity (Wildman–Crippen MR) is 52.2 cm³/mol. The average Bonchev–Trinajstić information content (AvgIpc) is 2.15. The minimum atomic E-state index is 0.590.